The van der Waals surface area contributed by atoms with E-state index in [1.807, 2.05) is 19.2 Å². The molecule has 0 saturated carbocycles. The molecule has 0 bridgehead atoms. The van der Waals surface area contributed by atoms with Crippen molar-refractivity contribution in [3.05, 3.63) is 28.0 Å². The van der Waals surface area contributed by atoms with E-state index in [0.717, 1.165) is 24.3 Å². The highest BCUT2D eigenvalue weighted by molar-refractivity contribution is 6.30. The summed E-state index contributed by atoms with van der Waals surface area (Å²) in [5, 5.41) is 9.04. The fourth-order valence-electron chi connectivity index (χ4n) is 1.52. The molecule has 0 radical (unpaired) electrons. The van der Waals surface area contributed by atoms with Crippen LogP contribution < -0.4 is 0 Å². The summed E-state index contributed by atoms with van der Waals surface area (Å²) in [6.07, 6.45) is 0. The smallest absolute Gasteiger partial charge is 0.147 e. The molecule has 0 unspecified atom stereocenters. The van der Waals surface area contributed by atoms with Crippen LogP contribution in [0.15, 0.2) is 6.07 Å². The van der Waals surface area contributed by atoms with Crippen LogP contribution in [0.5, 0.6) is 0 Å². The van der Waals surface area contributed by atoms with Gasteiger partial charge in [0.15, 0.2) is 0 Å². The number of halogens is 1. The maximum atomic E-state index is 8.73. The van der Waals surface area contributed by atoms with E-state index in [2.05, 4.69) is 9.88 Å². The number of nitriles is 1. The lowest BCUT2D eigenvalue weighted by molar-refractivity contribution is 0.351. The number of aromatic nitrogens is 1. The predicted octanol–water partition coefficient (Wildman–Crippen LogP) is 1.55. The first-order chi connectivity index (χ1) is 6.20. The zero-order chi connectivity index (χ0) is 9.42. The molecule has 2 heterocycles. The summed E-state index contributed by atoms with van der Waals surface area (Å²) in [5.41, 5.74) is 2.57. The molecule has 0 fully saturated rings. The van der Waals surface area contributed by atoms with Crippen molar-refractivity contribution in [2.24, 2.45) is 0 Å². The number of fused-ring (bicyclic) bond motifs is 1. The van der Waals surface area contributed by atoms with Gasteiger partial charge in [0.1, 0.15) is 11.2 Å². The summed E-state index contributed by atoms with van der Waals surface area (Å²) in [6.45, 7) is 1.68. The Morgan fingerprint density at radius 1 is 1.62 bits per heavy atom. The lowest BCUT2D eigenvalue weighted by Crippen LogP contribution is -2.07. The fourth-order valence-corrected chi connectivity index (χ4v) is 1.72. The molecule has 66 valence electrons. The number of rotatable bonds is 0. The first kappa shape index (κ1) is 8.49. The van der Waals surface area contributed by atoms with Crippen LogP contribution in [0.4, 0.5) is 0 Å². The standard InChI is InChI=1S/C9H8ClN3/c1-13-4-7-2-6(3-11)9(10)12-8(7)5-13/h2H,4-5H2,1H3. The van der Waals surface area contributed by atoms with Gasteiger partial charge in [-0.1, -0.05) is 11.6 Å². The quantitative estimate of drug-likeness (QED) is 0.587. The van der Waals surface area contributed by atoms with E-state index in [9.17, 15) is 0 Å². The average Bonchev–Trinajstić information content (AvgIpc) is 2.42. The van der Waals surface area contributed by atoms with Crippen LogP contribution in [0.1, 0.15) is 16.8 Å². The van der Waals surface area contributed by atoms with Crippen LogP contribution >= 0.6 is 11.6 Å². The van der Waals surface area contributed by atoms with Crippen molar-refractivity contribution in [3.63, 3.8) is 0 Å². The Morgan fingerprint density at radius 2 is 2.38 bits per heavy atom. The minimum Gasteiger partial charge on any atom is -0.296 e. The largest absolute Gasteiger partial charge is 0.296 e. The van der Waals surface area contributed by atoms with Crippen molar-refractivity contribution < 1.29 is 0 Å². The second-order valence-corrected chi connectivity index (χ2v) is 3.57. The van der Waals surface area contributed by atoms with Gasteiger partial charge < -0.3 is 0 Å². The lowest BCUT2D eigenvalue weighted by Gasteiger charge is -2.01. The Morgan fingerprint density at radius 3 is 3.08 bits per heavy atom. The maximum Gasteiger partial charge on any atom is 0.147 e. The van der Waals surface area contributed by atoms with Crippen molar-refractivity contribution >= 4 is 11.6 Å². The topological polar surface area (TPSA) is 39.9 Å². The summed E-state index contributed by atoms with van der Waals surface area (Å²) >= 11 is 5.80. The predicted molar refractivity (Wildman–Crippen MR) is 49.1 cm³/mol. The van der Waals surface area contributed by atoms with Gasteiger partial charge in [0.05, 0.1) is 11.3 Å². The Balaban J connectivity index is 2.52. The molecule has 1 aromatic heterocycles. The minimum atomic E-state index is 0.316. The number of hydrogen-bond acceptors (Lipinski definition) is 3. The third-order valence-electron chi connectivity index (χ3n) is 2.13. The lowest BCUT2D eigenvalue weighted by atomic mass is 10.2. The summed E-state index contributed by atoms with van der Waals surface area (Å²) in [4.78, 5) is 6.31. The molecule has 4 heteroatoms. The van der Waals surface area contributed by atoms with Crippen LogP contribution in [-0.2, 0) is 13.1 Å². The Bertz CT molecular complexity index is 395. The molecule has 13 heavy (non-hydrogen) atoms. The number of hydrogen-bond donors (Lipinski definition) is 0. The van der Waals surface area contributed by atoms with E-state index in [0.29, 0.717) is 10.7 Å². The van der Waals surface area contributed by atoms with Crippen LogP contribution in [0, 0.1) is 11.3 Å². The van der Waals surface area contributed by atoms with E-state index in [1.165, 1.54) is 0 Å². The molecule has 0 N–H and O–H groups in total. The highest BCUT2D eigenvalue weighted by atomic mass is 35.5. The van der Waals surface area contributed by atoms with Gasteiger partial charge in [0.2, 0.25) is 0 Å². The van der Waals surface area contributed by atoms with Crippen molar-refractivity contribution in [1.29, 1.82) is 5.26 Å². The summed E-state index contributed by atoms with van der Waals surface area (Å²) in [5.74, 6) is 0. The average molecular weight is 194 g/mol. The molecular formula is C9H8ClN3. The number of pyridine rings is 1. The second-order valence-electron chi connectivity index (χ2n) is 3.22. The van der Waals surface area contributed by atoms with Crippen molar-refractivity contribution in [1.82, 2.24) is 9.88 Å². The molecule has 1 aliphatic heterocycles. The molecule has 0 aliphatic carbocycles. The van der Waals surface area contributed by atoms with Crippen molar-refractivity contribution in [2.45, 2.75) is 13.1 Å². The third kappa shape index (κ3) is 1.39. The first-order valence-electron chi connectivity index (χ1n) is 3.97. The molecule has 0 saturated heterocycles. The van der Waals surface area contributed by atoms with Gasteiger partial charge in [-0.25, -0.2) is 4.98 Å². The zero-order valence-electron chi connectivity index (χ0n) is 7.21. The normalized spacial score (nSPS) is 15.5. The van der Waals surface area contributed by atoms with Crippen molar-refractivity contribution in [2.75, 3.05) is 7.05 Å². The SMILES string of the molecule is CN1Cc2cc(C#N)c(Cl)nc2C1. The van der Waals surface area contributed by atoms with E-state index < -0.39 is 0 Å². The molecule has 0 amide bonds. The van der Waals surface area contributed by atoms with Crippen LogP contribution in [0.25, 0.3) is 0 Å². The Hall–Kier alpha value is -1.11. The highest BCUT2D eigenvalue weighted by Crippen LogP contribution is 2.24. The molecule has 3 nitrogen and oxygen atoms in total. The van der Waals surface area contributed by atoms with Gasteiger partial charge in [-0.2, -0.15) is 5.26 Å². The maximum absolute atomic E-state index is 8.73. The van der Waals surface area contributed by atoms with E-state index in [1.54, 1.807) is 0 Å². The van der Waals surface area contributed by atoms with E-state index in [4.69, 9.17) is 16.9 Å². The summed E-state index contributed by atoms with van der Waals surface area (Å²) < 4.78 is 0. The third-order valence-corrected chi connectivity index (χ3v) is 2.41. The van der Waals surface area contributed by atoms with Crippen LogP contribution in [0.2, 0.25) is 5.15 Å². The molecule has 1 aliphatic rings. The summed E-state index contributed by atoms with van der Waals surface area (Å²) in [7, 11) is 2.02. The zero-order valence-corrected chi connectivity index (χ0v) is 7.97. The molecule has 0 spiro atoms. The van der Waals surface area contributed by atoms with Crippen LogP contribution in [0.3, 0.4) is 0 Å². The van der Waals surface area contributed by atoms with Gasteiger partial charge >= 0.3 is 0 Å². The van der Waals surface area contributed by atoms with Gasteiger partial charge in [-0.05, 0) is 18.7 Å². The fraction of sp³-hybridized carbons (Fsp3) is 0.333. The Labute approximate surface area is 81.6 Å². The van der Waals surface area contributed by atoms with Gasteiger partial charge in [0.25, 0.3) is 0 Å². The van der Waals surface area contributed by atoms with Crippen LogP contribution in [-0.4, -0.2) is 16.9 Å². The number of nitrogens with zero attached hydrogens (tertiary/aromatic N) is 3. The van der Waals surface area contributed by atoms with Gasteiger partial charge in [-0.3, -0.25) is 4.90 Å². The highest BCUT2D eigenvalue weighted by Gasteiger charge is 2.18. The van der Waals surface area contributed by atoms with Gasteiger partial charge in [0, 0.05) is 13.1 Å². The Kier molecular flexibility index (Phi) is 1.95. The molecule has 2 rings (SSSR count). The monoisotopic (exact) mass is 193 g/mol. The molecular weight excluding hydrogens is 186 g/mol. The first-order valence-corrected chi connectivity index (χ1v) is 4.35. The molecule has 1 aromatic rings. The van der Waals surface area contributed by atoms with Crippen molar-refractivity contribution in [3.8, 4) is 6.07 Å². The molecule has 0 aromatic carbocycles. The van der Waals surface area contributed by atoms with E-state index >= 15 is 0 Å². The molecule has 0 atom stereocenters. The summed E-state index contributed by atoms with van der Waals surface area (Å²) in [6, 6.07) is 3.85. The van der Waals surface area contributed by atoms with E-state index in [-0.39, 0.29) is 0 Å². The minimum absolute atomic E-state index is 0.316. The second kappa shape index (κ2) is 2.99. The van der Waals surface area contributed by atoms with Gasteiger partial charge in [-0.15, -0.1) is 0 Å².